The van der Waals surface area contributed by atoms with Gasteiger partial charge in [-0.1, -0.05) is 140 Å². The van der Waals surface area contributed by atoms with Crippen LogP contribution >= 0.6 is 0 Å². The summed E-state index contributed by atoms with van der Waals surface area (Å²) in [5.74, 6) is 0. The topological polar surface area (TPSA) is 4.41 Å². The lowest BCUT2D eigenvalue weighted by molar-refractivity contribution is 1.37. The number of hydrogen-bond acceptors (Lipinski definition) is 0. The number of para-hydroxylation sites is 2. The van der Waals surface area contributed by atoms with E-state index in [2.05, 4.69) is 156 Å². The maximum absolute atomic E-state index is 2.63. The van der Waals surface area contributed by atoms with E-state index in [-0.39, 0.29) is 0 Å². The van der Waals surface area contributed by atoms with Gasteiger partial charge in [-0.05, 0) is 32.9 Å². The molecule has 0 saturated carbocycles. The van der Waals surface area contributed by atoms with Crippen molar-refractivity contribution in [2.75, 3.05) is 0 Å². The molecular formula is C36H25NSi. The highest BCUT2D eigenvalue weighted by Gasteiger charge is 2.42. The Kier molecular flexibility index (Phi) is 4.61. The van der Waals surface area contributed by atoms with Crippen molar-refractivity contribution in [2.45, 2.75) is 0 Å². The molecular weight excluding hydrogens is 474 g/mol. The Morgan fingerprint density at radius 1 is 0.342 bits per heavy atom. The van der Waals surface area contributed by atoms with Crippen molar-refractivity contribution in [3.8, 4) is 0 Å². The van der Waals surface area contributed by atoms with E-state index in [0.29, 0.717) is 0 Å². The van der Waals surface area contributed by atoms with Crippen LogP contribution in [0.5, 0.6) is 0 Å². The summed E-state index contributed by atoms with van der Waals surface area (Å²) in [6.07, 6.45) is 0. The molecule has 0 unspecified atom stereocenters. The van der Waals surface area contributed by atoms with Gasteiger partial charge in [0.1, 0.15) is 0 Å². The van der Waals surface area contributed by atoms with Crippen LogP contribution in [0.2, 0.25) is 0 Å². The van der Waals surface area contributed by atoms with E-state index in [1.165, 1.54) is 58.8 Å². The van der Waals surface area contributed by atoms with Gasteiger partial charge >= 0.3 is 0 Å². The first kappa shape index (κ1) is 21.4. The van der Waals surface area contributed by atoms with E-state index in [0.717, 1.165) is 0 Å². The monoisotopic (exact) mass is 499 g/mol. The van der Waals surface area contributed by atoms with Crippen molar-refractivity contribution in [3.63, 3.8) is 0 Å². The lowest BCUT2D eigenvalue weighted by Gasteiger charge is -2.34. The summed E-state index contributed by atoms with van der Waals surface area (Å²) in [5, 5.41) is 10.9. The van der Waals surface area contributed by atoms with E-state index in [1.807, 2.05) is 0 Å². The zero-order valence-electron chi connectivity index (χ0n) is 20.9. The summed E-state index contributed by atoms with van der Waals surface area (Å²) in [6.45, 7) is 0. The molecule has 0 radical (unpaired) electrons. The summed E-state index contributed by atoms with van der Waals surface area (Å²) >= 11 is 0. The summed E-state index contributed by atoms with van der Waals surface area (Å²) in [4.78, 5) is 0. The highest BCUT2D eigenvalue weighted by molar-refractivity contribution is 7.20. The van der Waals surface area contributed by atoms with Crippen molar-refractivity contribution in [1.82, 2.24) is 4.40 Å². The molecule has 2 heterocycles. The number of aromatic nitrogens is 1. The molecule has 0 aliphatic heterocycles. The predicted molar refractivity (Wildman–Crippen MR) is 165 cm³/mol. The second kappa shape index (κ2) is 8.17. The Morgan fingerprint density at radius 3 is 1.13 bits per heavy atom. The molecule has 0 N–H and O–H groups in total. The standard InChI is InChI=1S/C36H25NSi/c1-4-14-26(15-5-1)38(27-16-6-2-7-17-27,28-18-8-3-9-19-28)29-24-32-30-20-10-12-22-34(30)37-35-23-13-11-21-31(35)33(25-29)36(32)37/h1-25H. The van der Waals surface area contributed by atoms with Crippen LogP contribution in [-0.4, -0.2) is 12.5 Å². The fraction of sp³-hybridized carbons (Fsp3) is 0. The molecule has 8 aromatic rings. The van der Waals surface area contributed by atoms with Gasteiger partial charge in [0, 0.05) is 21.5 Å². The maximum Gasteiger partial charge on any atom is 0.179 e. The molecule has 2 aromatic heterocycles. The van der Waals surface area contributed by atoms with Crippen LogP contribution in [-0.2, 0) is 0 Å². The van der Waals surface area contributed by atoms with Gasteiger partial charge in [-0.25, -0.2) is 0 Å². The minimum atomic E-state index is -2.63. The van der Waals surface area contributed by atoms with Gasteiger partial charge in [-0.2, -0.15) is 0 Å². The highest BCUT2D eigenvalue weighted by Crippen LogP contribution is 2.38. The first-order valence-corrected chi connectivity index (χ1v) is 15.2. The van der Waals surface area contributed by atoms with Gasteiger partial charge in [0.25, 0.3) is 0 Å². The van der Waals surface area contributed by atoms with Crippen LogP contribution in [0.4, 0.5) is 0 Å². The Balaban J connectivity index is 1.62. The van der Waals surface area contributed by atoms with Gasteiger partial charge in [-0.3, -0.25) is 0 Å². The molecule has 0 bridgehead atoms. The zero-order chi connectivity index (χ0) is 25.1. The Labute approximate surface area is 222 Å². The normalized spacial score (nSPS) is 12.2. The number of fused-ring (bicyclic) bond motifs is 6. The van der Waals surface area contributed by atoms with Crippen LogP contribution in [0.25, 0.3) is 38.1 Å². The fourth-order valence-electron chi connectivity index (χ4n) is 6.73. The van der Waals surface area contributed by atoms with Crippen molar-refractivity contribution >= 4 is 66.9 Å². The molecule has 0 spiro atoms. The van der Waals surface area contributed by atoms with Crippen LogP contribution in [0.3, 0.4) is 0 Å². The third-order valence-electron chi connectivity index (χ3n) is 8.26. The molecule has 0 fully saturated rings. The molecule has 0 aliphatic rings. The minimum Gasteiger partial charge on any atom is -0.308 e. The van der Waals surface area contributed by atoms with E-state index in [4.69, 9.17) is 0 Å². The van der Waals surface area contributed by atoms with E-state index >= 15 is 0 Å². The molecule has 178 valence electrons. The Bertz CT molecular complexity index is 1880. The average Bonchev–Trinajstić information content (AvgIpc) is 3.51. The first-order valence-electron chi connectivity index (χ1n) is 13.2. The van der Waals surface area contributed by atoms with Crippen LogP contribution < -0.4 is 20.7 Å². The minimum absolute atomic E-state index is 1.28. The lowest BCUT2D eigenvalue weighted by atomic mass is 10.1. The van der Waals surface area contributed by atoms with Crippen LogP contribution in [0.15, 0.2) is 152 Å². The number of hydrogen-bond donors (Lipinski definition) is 0. The summed E-state index contributed by atoms with van der Waals surface area (Å²) in [6, 6.07) is 56.4. The predicted octanol–water partition coefficient (Wildman–Crippen LogP) is 6.21. The molecule has 38 heavy (non-hydrogen) atoms. The zero-order valence-corrected chi connectivity index (χ0v) is 21.9. The third kappa shape index (κ3) is 2.81. The molecule has 1 nitrogen and oxygen atoms in total. The number of rotatable bonds is 4. The van der Waals surface area contributed by atoms with E-state index in [1.54, 1.807) is 0 Å². The van der Waals surface area contributed by atoms with Crippen molar-refractivity contribution in [3.05, 3.63) is 152 Å². The van der Waals surface area contributed by atoms with Crippen molar-refractivity contribution in [1.29, 1.82) is 0 Å². The summed E-state index contributed by atoms with van der Waals surface area (Å²) in [7, 11) is -2.63. The highest BCUT2D eigenvalue weighted by atomic mass is 28.3. The molecule has 2 heteroatoms. The van der Waals surface area contributed by atoms with Crippen LogP contribution in [0, 0.1) is 0 Å². The summed E-state index contributed by atoms with van der Waals surface area (Å²) in [5.41, 5.74) is 3.88. The molecule has 6 aromatic carbocycles. The van der Waals surface area contributed by atoms with E-state index in [9.17, 15) is 0 Å². The first-order chi connectivity index (χ1) is 18.9. The van der Waals surface area contributed by atoms with Gasteiger partial charge in [0.2, 0.25) is 0 Å². The number of nitrogens with zero attached hydrogens (tertiary/aromatic N) is 1. The average molecular weight is 500 g/mol. The second-order valence-electron chi connectivity index (χ2n) is 10.1. The van der Waals surface area contributed by atoms with Gasteiger partial charge < -0.3 is 4.40 Å². The second-order valence-corrected chi connectivity index (χ2v) is 13.9. The van der Waals surface area contributed by atoms with Crippen molar-refractivity contribution < 1.29 is 0 Å². The quantitative estimate of drug-likeness (QED) is 0.200. The Morgan fingerprint density at radius 2 is 0.711 bits per heavy atom. The SMILES string of the molecule is c1ccc([Si](c2ccccc2)(c2ccccc2)c2cc3c4ccccc4n4c5ccccc5c(c2)c34)cc1. The maximum atomic E-state index is 2.52. The van der Waals surface area contributed by atoms with Gasteiger partial charge in [0.15, 0.2) is 8.07 Å². The molecule has 8 rings (SSSR count). The van der Waals surface area contributed by atoms with Gasteiger partial charge in [-0.15, -0.1) is 0 Å². The lowest BCUT2D eigenvalue weighted by Crippen LogP contribution is -2.74. The summed E-state index contributed by atoms with van der Waals surface area (Å²) < 4.78 is 2.47. The molecule has 0 atom stereocenters. The third-order valence-corrected chi connectivity index (χ3v) is 13.0. The molecule has 0 aliphatic carbocycles. The number of benzene rings is 6. The smallest absolute Gasteiger partial charge is 0.179 e. The van der Waals surface area contributed by atoms with Crippen molar-refractivity contribution in [2.24, 2.45) is 0 Å². The van der Waals surface area contributed by atoms with Crippen LogP contribution in [0.1, 0.15) is 0 Å². The Hall–Kier alpha value is -4.66. The van der Waals surface area contributed by atoms with E-state index < -0.39 is 8.07 Å². The van der Waals surface area contributed by atoms with Gasteiger partial charge in [0.05, 0.1) is 16.6 Å². The molecule has 0 amide bonds. The molecule has 0 saturated heterocycles. The largest absolute Gasteiger partial charge is 0.308 e. The fourth-order valence-corrected chi connectivity index (χ4v) is 11.5.